The molecule has 1 aliphatic heterocycles. The molecule has 2 N–H and O–H groups in total. The largest absolute Gasteiger partial charge is 0.351 e. The van der Waals surface area contributed by atoms with Gasteiger partial charge in [-0.25, -0.2) is 8.42 Å². The van der Waals surface area contributed by atoms with Gasteiger partial charge in [0.15, 0.2) is 9.84 Å². The minimum Gasteiger partial charge on any atom is -0.351 e. The molecule has 9 heteroatoms. The molecule has 1 aliphatic rings. The normalized spacial score (nSPS) is 16.2. The summed E-state index contributed by atoms with van der Waals surface area (Å²) in [5.74, 6) is -1.26. The number of halogens is 1. The van der Waals surface area contributed by atoms with Crippen LogP contribution in [0.4, 0.5) is 5.69 Å². The van der Waals surface area contributed by atoms with Gasteiger partial charge in [0.2, 0.25) is 5.91 Å². The zero-order valence-electron chi connectivity index (χ0n) is 15.3. The lowest BCUT2D eigenvalue weighted by Crippen LogP contribution is -2.40. The van der Waals surface area contributed by atoms with Crippen molar-refractivity contribution in [2.24, 2.45) is 0 Å². The molecule has 0 bridgehead atoms. The Kier molecular flexibility index (Phi) is 4.76. The number of fused-ring (bicyclic) bond motifs is 2. The molecule has 1 unspecified atom stereocenters. The monoisotopic (exact) mass is 429 g/mol. The summed E-state index contributed by atoms with van der Waals surface area (Å²) in [4.78, 5) is 29.4. The third-order valence-corrected chi connectivity index (χ3v) is 6.18. The summed E-state index contributed by atoms with van der Waals surface area (Å²) in [7, 11) is -3.41. The summed E-state index contributed by atoms with van der Waals surface area (Å²) in [5, 5.41) is 7.20. The van der Waals surface area contributed by atoms with E-state index in [0.29, 0.717) is 32.6 Å². The number of hydrogen-bond donors (Lipinski definition) is 2. The second kappa shape index (κ2) is 7.13. The molecule has 0 saturated heterocycles. The Hall–Kier alpha value is -2.97. The van der Waals surface area contributed by atoms with Crippen molar-refractivity contribution in [2.75, 3.05) is 18.1 Å². The molecular formula is C20H16ClN3O4S. The molecule has 2 heterocycles. The first-order chi connectivity index (χ1) is 13.7. The zero-order valence-corrected chi connectivity index (χ0v) is 16.8. The van der Waals surface area contributed by atoms with Gasteiger partial charge in [0.1, 0.15) is 0 Å². The minimum absolute atomic E-state index is 0.130. The van der Waals surface area contributed by atoms with Gasteiger partial charge >= 0.3 is 0 Å². The molecule has 2 aromatic carbocycles. The van der Waals surface area contributed by atoms with Gasteiger partial charge in [0, 0.05) is 40.4 Å². The van der Waals surface area contributed by atoms with Gasteiger partial charge in [0.25, 0.3) is 5.91 Å². The van der Waals surface area contributed by atoms with Gasteiger partial charge in [-0.05, 0) is 35.9 Å². The quantitative estimate of drug-likeness (QED) is 0.666. The smallest absolute Gasteiger partial charge is 0.251 e. The van der Waals surface area contributed by atoms with Gasteiger partial charge in [-0.3, -0.25) is 14.6 Å². The highest BCUT2D eigenvalue weighted by Gasteiger charge is 2.31. The van der Waals surface area contributed by atoms with E-state index in [4.69, 9.17) is 11.6 Å². The third kappa shape index (κ3) is 3.68. The van der Waals surface area contributed by atoms with E-state index in [1.54, 1.807) is 30.5 Å². The maximum absolute atomic E-state index is 13.0. The van der Waals surface area contributed by atoms with Crippen molar-refractivity contribution in [2.45, 2.75) is 10.8 Å². The first kappa shape index (κ1) is 19.4. The van der Waals surface area contributed by atoms with Crippen LogP contribution in [0.25, 0.3) is 10.8 Å². The third-order valence-electron chi connectivity index (χ3n) is 4.84. The number of carbonyl (C=O) groups excluding carboxylic acids is 2. The number of nitrogens with one attached hydrogen (secondary N) is 2. The second-order valence-electron chi connectivity index (χ2n) is 6.83. The van der Waals surface area contributed by atoms with Crippen LogP contribution < -0.4 is 10.6 Å². The van der Waals surface area contributed by atoms with E-state index in [1.807, 2.05) is 0 Å². The molecule has 4 rings (SSSR count). The Balaban J connectivity index is 1.73. The van der Waals surface area contributed by atoms with Crippen LogP contribution >= 0.6 is 11.6 Å². The standard InChI is InChI=1S/C20H16ClN3O4S/c1-29(27,28)13-4-2-11-8-22-10-18(15(11)7-13)24-20(26)17-9-23-19(25)14-5-3-12(21)6-16(14)17/h2-8,10,17H,9H2,1H3,(H,23,25)(H,24,26). The predicted molar refractivity (Wildman–Crippen MR) is 110 cm³/mol. The highest BCUT2D eigenvalue weighted by molar-refractivity contribution is 7.90. The van der Waals surface area contributed by atoms with Crippen LogP contribution in [0.1, 0.15) is 21.8 Å². The van der Waals surface area contributed by atoms with Gasteiger partial charge in [-0.1, -0.05) is 17.7 Å². The van der Waals surface area contributed by atoms with Crippen molar-refractivity contribution < 1.29 is 18.0 Å². The lowest BCUT2D eigenvalue weighted by atomic mass is 9.89. The van der Waals surface area contributed by atoms with E-state index >= 15 is 0 Å². The molecule has 3 aromatic rings. The number of aromatic nitrogens is 1. The van der Waals surface area contributed by atoms with Crippen LogP contribution in [0, 0.1) is 0 Å². The molecular weight excluding hydrogens is 414 g/mol. The van der Waals surface area contributed by atoms with Crippen LogP contribution in [0.3, 0.4) is 0 Å². The van der Waals surface area contributed by atoms with E-state index in [2.05, 4.69) is 15.6 Å². The number of pyridine rings is 1. The fourth-order valence-electron chi connectivity index (χ4n) is 3.36. The molecule has 0 radical (unpaired) electrons. The van der Waals surface area contributed by atoms with Crippen molar-refractivity contribution >= 4 is 49.7 Å². The van der Waals surface area contributed by atoms with Gasteiger partial charge in [-0.15, -0.1) is 0 Å². The second-order valence-corrected chi connectivity index (χ2v) is 9.28. The Morgan fingerprint density at radius 3 is 2.76 bits per heavy atom. The van der Waals surface area contributed by atoms with E-state index in [0.717, 1.165) is 6.26 Å². The fourth-order valence-corrected chi connectivity index (χ4v) is 4.18. The maximum Gasteiger partial charge on any atom is 0.251 e. The molecule has 1 aromatic heterocycles. The van der Waals surface area contributed by atoms with E-state index in [1.165, 1.54) is 18.3 Å². The van der Waals surface area contributed by atoms with Crippen molar-refractivity contribution in [3.63, 3.8) is 0 Å². The number of rotatable bonds is 3. The Morgan fingerprint density at radius 1 is 1.21 bits per heavy atom. The maximum atomic E-state index is 13.0. The summed E-state index contributed by atoms with van der Waals surface area (Å²) in [6.45, 7) is 0.130. The van der Waals surface area contributed by atoms with E-state index < -0.39 is 15.8 Å². The molecule has 0 aliphatic carbocycles. The number of benzene rings is 2. The number of hydrogen-bond acceptors (Lipinski definition) is 5. The van der Waals surface area contributed by atoms with Crippen LogP contribution in [-0.2, 0) is 14.6 Å². The Morgan fingerprint density at radius 2 is 2.00 bits per heavy atom. The number of nitrogens with zero attached hydrogens (tertiary/aromatic N) is 1. The van der Waals surface area contributed by atoms with Gasteiger partial charge < -0.3 is 10.6 Å². The SMILES string of the molecule is CS(=O)(=O)c1ccc2cncc(NC(=O)C3CNC(=O)c4ccc(Cl)cc43)c2c1. The average molecular weight is 430 g/mol. The van der Waals surface area contributed by atoms with Crippen molar-refractivity contribution in [3.8, 4) is 0 Å². The number of sulfone groups is 1. The van der Waals surface area contributed by atoms with Crippen LogP contribution in [0.5, 0.6) is 0 Å². The predicted octanol–water partition coefficient (Wildman–Crippen LogP) is 2.76. The summed E-state index contributed by atoms with van der Waals surface area (Å²) < 4.78 is 23.8. The van der Waals surface area contributed by atoms with Crippen LogP contribution in [0.2, 0.25) is 5.02 Å². The molecule has 148 valence electrons. The van der Waals surface area contributed by atoms with Crippen LogP contribution in [-0.4, -0.2) is 38.0 Å². The topological polar surface area (TPSA) is 105 Å². The Bertz CT molecular complexity index is 1270. The lowest BCUT2D eigenvalue weighted by molar-refractivity contribution is -0.117. The summed E-state index contributed by atoms with van der Waals surface area (Å²) in [6.07, 6.45) is 4.18. The van der Waals surface area contributed by atoms with E-state index in [9.17, 15) is 18.0 Å². The molecule has 2 amide bonds. The zero-order chi connectivity index (χ0) is 20.8. The van der Waals surface area contributed by atoms with Crippen molar-refractivity contribution in [3.05, 3.63) is 64.9 Å². The lowest BCUT2D eigenvalue weighted by Gasteiger charge is -2.25. The number of carbonyl (C=O) groups is 2. The van der Waals surface area contributed by atoms with Crippen molar-refractivity contribution in [1.82, 2.24) is 10.3 Å². The number of anilines is 1. The first-order valence-corrected chi connectivity index (χ1v) is 11.0. The molecule has 0 fully saturated rings. The van der Waals surface area contributed by atoms with Crippen LogP contribution in [0.15, 0.2) is 53.7 Å². The highest BCUT2D eigenvalue weighted by Crippen LogP contribution is 2.30. The summed E-state index contributed by atoms with van der Waals surface area (Å²) in [6, 6.07) is 9.45. The highest BCUT2D eigenvalue weighted by atomic mass is 35.5. The molecule has 0 saturated carbocycles. The molecule has 0 spiro atoms. The Labute approximate surface area is 172 Å². The van der Waals surface area contributed by atoms with Gasteiger partial charge in [-0.2, -0.15) is 0 Å². The molecule has 7 nitrogen and oxygen atoms in total. The minimum atomic E-state index is -3.41. The fraction of sp³-hybridized carbons (Fsp3) is 0.150. The summed E-state index contributed by atoms with van der Waals surface area (Å²) in [5.41, 5.74) is 1.33. The number of amides is 2. The molecule has 29 heavy (non-hydrogen) atoms. The molecule has 1 atom stereocenters. The average Bonchev–Trinajstić information content (AvgIpc) is 2.67. The summed E-state index contributed by atoms with van der Waals surface area (Å²) >= 11 is 6.06. The van der Waals surface area contributed by atoms with Gasteiger partial charge in [0.05, 0.1) is 22.7 Å². The van der Waals surface area contributed by atoms with E-state index in [-0.39, 0.29) is 23.3 Å². The first-order valence-electron chi connectivity index (χ1n) is 8.70. The van der Waals surface area contributed by atoms with Crippen molar-refractivity contribution in [1.29, 1.82) is 0 Å².